The average molecular weight is 483 g/mol. The topological polar surface area (TPSA) is 120 Å². The van der Waals surface area contributed by atoms with Crippen molar-refractivity contribution < 1.29 is 14.2 Å². The summed E-state index contributed by atoms with van der Waals surface area (Å²) in [6.07, 6.45) is 6.74. The van der Waals surface area contributed by atoms with Crippen LogP contribution < -0.4 is 15.4 Å². The van der Waals surface area contributed by atoms with Crippen molar-refractivity contribution in [2.24, 2.45) is 0 Å². The maximum atomic E-state index is 14.5. The molecule has 35 heavy (non-hydrogen) atoms. The molecule has 10 nitrogen and oxygen atoms in total. The standard InChI is InChI=1S/C24H31FN8O2/c1-5-15-7-6-14(11-32(15)16-10-27-31(12-16)13-24(2,3)34)21-29-22-17-8-18(25)20(35-4)9-19(17)28-23(26)33(22)30-21/h8-10,12,14-15,34H,5-7,11,13H2,1-4H3,(H2,26,28)/t14-,15-/m1/s1. The van der Waals surface area contributed by atoms with Gasteiger partial charge in [-0.05, 0) is 39.2 Å². The second-order valence-corrected chi connectivity index (χ2v) is 9.88. The van der Waals surface area contributed by atoms with Gasteiger partial charge >= 0.3 is 0 Å². The van der Waals surface area contributed by atoms with Crippen LogP contribution in [-0.2, 0) is 6.54 Å². The van der Waals surface area contributed by atoms with Gasteiger partial charge in [0.15, 0.2) is 23.0 Å². The molecule has 1 fully saturated rings. The number of nitrogen functional groups attached to an aromatic ring is 1. The summed E-state index contributed by atoms with van der Waals surface area (Å²) in [5.41, 5.74) is 7.32. The Bertz CT molecular complexity index is 1380. The van der Waals surface area contributed by atoms with E-state index in [0.717, 1.165) is 31.5 Å². The number of nitrogens with zero attached hydrogens (tertiary/aromatic N) is 7. The number of nitrogens with two attached hydrogens (primary N) is 1. The lowest BCUT2D eigenvalue weighted by Crippen LogP contribution is -2.42. The van der Waals surface area contributed by atoms with Crippen LogP contribution in [0, 0.1) is 5.82 Å². The summed E-state index contributed by atoms with van der Waals surface area (Å²) < 4.78 is 22.8. The molecule has 4 aromatic rings. The van der Waals surface area contributed by atoms with Gasteiger partial charge in [-0.25, -0.2) is 14.4 Å². The van der Waals surface area contributed by atoms with Crippen molar-refractivity contribution in [3.63, 3.8) is 0 Å². The molecule has 0 amide bonds. The molecule has 1 aromatic carbocycles. The number of anilines is 2. The molecule has 4 heterocycles. The number of aliphatic hydroxyl groups is 1. The lowest BCUT2D eigenvalue weighted by molar-refractivity contribution is 0.0577. The van der Waals surface area contributed by atoms with E-state index in [-0.39, 0.29) is 17.6 Å². The van der Waals surface area contributed by atoms with Crippen LogP contribution in [0.1, 0.15) is 51.8 Å². The van der Waals surface area contributed by atoms with Crippen molar-refractivity contribution in [2.45, 2.75) is 64.1 Å². The van der Waals surface area contributed by atoms with E-state index in [1.54, 1.807) is 18.5 Å². The maximum absolute atomic E-state index is 14.5. The van der Waals surface area contributed by atoms with E-state index in [1.807, 2.05) is 12.4 Å². The molecule has 186 valence electrons. The molecule has 0 unspecified atom stereocenters. The summed E-state index contributed by atoms with van der Waals surface area (Å²) in [4.78, 5) is 11.5. The second kappa shape index (κ2) is 8.63. The van der Waals surface area contributed by atoms with Crippen LogP contribution >= 0.6 is 0 Å². The fraction of sp³-hybridized carbons (Fsp3) is 0.500. The van der Waals surface area contributed by atoms with Crippen molar-refractivity contribution in [2.75, 3.05) is 24.3 Å². The molecular weight excluding hydrogens is 451 g/mol. The second-order valence-electron chi connectivity index (χ2n) is 9.88. The number of hydrogen-bond acceptors (Lipinski definition) is 8. The van der Waals surface area contributed by atoms with Gasteiger partial charge in [-0.15, -0.1) is 5.10 Å². The number of aromatic nitrogens is 6. The zero-order valence-corrected chi connectivity index (χ0v) is 20.4. The van der Waals surface area contributed by atoms with Gasteiger partial charge in [0, 0.05) is 36.2 Å². The van der Waals surface area contributed by atoms with Crippen molar-refractivity contribution >= 4 is 28.2 Å². The van der Waals surface area contributed by atoms with Crippen LogP contribution in [-0.4, -0.2) is 59.8 Å². The molecule has 0 aliphatic carbocycles. The predicted octanol–water partition coefficient (Wildman–Crippen LogP) is 3.14. The van der Waals surface area contributed by atoms with E-state index < -0.39 is 11.4 Å². The Morgan fingerprint density at radius 1 is 1.26 bits per heavy atom. The molecule has 0 spiro atoms. The minimum absolute atomic E-state index is 0.0629. The summed E-state index contributed by atoms with van der Waals surface area (Å²) in [6.45, 7) is 6.85. The van der Waals surface area contributed by atoms with Crippen molar-refractivity contribution in [3.8, 4) is 5.75 Å². The smallest absolute Gasteiger partial charge is 0.223 e. The molecule has 3 N–H and O–H groups in total. The van der Waals surface area contributed by atoms with Crippen LogP contribution in [0.5, 0.6) is 5.75 Å². The molecule has 0 radical (unpaired) electrons. The van der Waals surface area contributed by atoms with Crippen LogP contribution in [0.3, 0.4) is 0 Å². The number of rotatable bonds is 6. The van der Waals surface area contributed by atoms with E-state index >= 15 is 0 Å². The van der Waals surface area contributed by atoms with E-state index in [1.165, 1.54) is 23.8 Å². The predicted molar refractivity (Wildman–Crippen MR) is 131 cm³/mol. The fourth-order valence-corrected chi connectivity index (χ4v) is 4.94. The first-order valence-corrected chi connectivity index (χ1v) is 11.9. The molecule has 2 atom stereocenters. The van der Waals surface area contributed by atoms with Crippen molar-refractivity contribution in [3.05, 3.63) is 36.2 Å². The SMILES string of the molecule is CC[C@@H]1CC[C@@H](c2nc3c4cc(F)c(OC)cc4nc(N)n3n2)CN1c1cnn(CC(C)(C)O)c1. The minimum Gasteiger partial charge on any atom is -0.494 e. The molecule has 5 rings (SSSR count). The first-order valence-electron chi connectivity index (χ1n) is 11.9. The Hall–Kier alpha value is -3.47. The first kappa shape index (κ1) is 23.3. The van der Waals surface area contributed by atoms with Gasteiger partial charge in [0.2, 0.25) is 5.95 Å². The van der Waals surface area contributed by atoms with Gasteiger partial charge in [0.1, 0.15) is 0 Å². The highest BCUT2D eigenvalue weighted by Gasteiger charge is 2.32. The summed E-state index contributed by atoms with van der Waals surface area (Å²) in [7, 11) is 1.41. The molecule has 1 aliphatic rings. The Kier molecular flexibility index (Phi) is 5.74. The van der Waals surface area contributed by atoms with Gasteiger partial charge in [-0.2, -0.15) is 9.61 Å². The van der Waals surface area contributed by atoms with Crippen LogP contribution in [0.25, 0.3) is 16.6 Å². The highest BCUT2D eigenvalue weighted by atomic mass is 19.1. The lowest BCUT2D eigenvalue weighted by atomic mass is 9.90. The van der Waals surface area contributed by atoms with E-state index in [2.05, 4.69) is 27.0 Å². The summed E-state index contributed by atoms with van der Waals surface area (Å²) in [6, 6.07) is 3.26. The quantitative estimate of drug-likeness (QED) is 0.430. The van der Waals surface area contributed by atoms with E-state index in [4.69, 9.17) is 15.5 Å². The molecule has 1 aliphatic heterocycles. The van der Waals surface area contributed by atoms with Gasteiger partial charge < -0.3 is 20.5 Å². The number of piperidine rings is 1. The van der Waals surface area contributed by atoms with Gasteiger partial charge in [-0.1, -0.05) is 6.92 Å². The molecule has 11 heteroatoms. The highest BCUT2D eigenvalue weighted by Crippen LogP contribution is 2.35. The third-order valence-corrected chi connectivity index (χ3v) is 6.63. The Morgan fingerprint density at radius 2 is 2.06 bits per heavy atom. The largest absolute Gasteiger partial charge is 0.494 e. The minimum atomic E-state index is -0.849. The molecular formula is C24H31FN8O2. The average Bonchev–Trinajstić information content (AvgIpc) is 3.46. The number of benzene rings is 1. The Labute approximate surface area is 202 Å². The summed E-state index contributed by atoms with van der Waals surface area (Å²) >= 11 is 0. The molecule has 3 aromatic heterocycles. The van der Waals surface area contributed by atoms with Gasteiger partial charge in [0.25, 0.3) is 0 Å². The first-order chi connectivity index (χ1) is 16.7. The monoisotopic (exact) mass is 482 g/mol. The third kappa shape index (κ3) is 4.36. The van der Waals surface area contributed by atoms with E-state index in [0.29, 0.717) is 35.0 Å². The third-order valence-electron chi connectivity index (χ3n) is 6.63. The summed E-state index contributed by atoms with van der Waals surface area (Å²) in [5, 5.41) is 19.8. The zero-order valence-electron chi connectivity index (χ0n) is 20.4. The number of halogens is 1. The normalized spacial score (nSPS) is 19.1. The van der Waals surface area contributed by atoms with Gasteiger partial charge in [0.05, 0.1) is 36.7 Å². The van der Waals surface area contributed by atoms with Crippen molar-refractivity contribution in [1.82, 2.24) is 29.4 Å². The molecule has 1 saturated heterocycles. The zero-order chi connectivity index (χ0) is 24.9. The summed E-state index contributed by atoms with van der Waals surface area (Å²) in [5.74, 6) is 0.522. The highest BCUT2D eigenvalue weighted by molar-refractivity contribution is 5.93. The number of ether oxygens (including phenoxy) is 1. The lowest BCUT2D eigenvalue weighted by Gasteiger charge is -2.39. The van der Waals surface area contributed by atoms with E-state index in [9.17, 15) is 9.50 Å². The number of fused-ring (bicyclic) bond motifs is 3. The van der Waals surface area contributed by atoms with Crippen LogP contribution in [0.15, 0.2) is 24.5 Å². The van der Waals surface area contributed by atoms with Gasteiger partial charge in [-0.3, -0.25) is 4.68 Å². The number of hydrogen-bond donors (Lipinski definition) is 2. The van der Waals surface area contributed by atoms with Crippen molar-refractivity contribution in [1.29, 1.82) is 0 Å². The van der Waals surface area contributed by atoms with Crippen LogP contribution in [0.4, 0.5) is 16.0 Å². The molecule has 0 saturated carbocycles. The van der Waals surface area contributed by atoms with Crippen LogP contribution in [0.2, 0.25) is 0 Å². The Morgan fingerprint density at radius 3 is 2.77 bits per heavy atom. The Balaban J connectivity index is 1.49. The maximum Gasteiger partial charge on any atom is 0.223 e. The molecule has 0 bridgehead atoms. The number of methoxy groups -OCH3 is 1. The fourth-order valence-electron chi connectivity index (χ4n) is 4.94.